The zero-order valence-corrected chi connectivity index (χ0v) is 25.0. The molecule has 2 aromatic rings. The molecule has 6 rings (SSSR count). The Kier molecular flexibility index (Phi) is 8.38. The molecule has 0 unspecified atom stereocenters. The first-order chi connectivity index (χ1) is 19.0. The summed E-state index contributed by atoms with van der Waals surface area (Å²) in [6.45, 7) is 11.2. The Morgan fingerprint density at radius 1 is 1.02 bits per heavy atom. The molecule has 214 valence electrons. The molecule has 2 aromatic carbocycles. The van der Waals surface area contributed by atoms with Crippen LogP contribution < -0.4 is 10.6 Å². The quantitative estimate of drug-likeness (QED) is 0.379. The molecule has 6 nitrogen and oxygen atoms in total. The maximum absolute atomic E-state index is 13.9. The van der Waals surface area contributed by atoms with Crippen LogP contribution in [0, 0.1) is 23.2 Å². The van der Waals surface area contributed by atoms with E-state index in [-0.39, 0.29) is 41.3 Å². The zero-order valence-electron chi connectivity index (χ0n) is 24.3. The lowest BCUT2D eigenvalue weighted by molar-refractivity contribution is -0.199. The van der Waals surface area contributed by atoms with Gasteiger partial charge in [-0.2, -0.15) is 0 Å². The van der Waals surface area contributed by atoms with E-state index >= 15 is 0 Å². The summed E-state index contributed by atoms with van der Waals surface area (Å²) < 4.78 is 13.3. The van der Waals surface area contributed by atoms with Crippen LogP contribution in [0.1, 0.15) is 65.0 Å². The van der Waals surface area contributed by atoms with Gasteiger partial charge in [0.2, 0.25) is 11.8 Å². The molecular formula is C32H42BClN2O4. The van der Waals surface area contributed by atoms with Crippen LogP contribution in [0.2, 0.25) is 5.02 Å². The SMILES string of the molecule is CC(C)C[C@H](NC(=O)[C@H](Cc1ccccc1)NC(=O)Cc1ccccc1Cl)B1O[C@@H]2C[C@H]3C[C@H](C3(C)C)[C@]2(C)O1. The second-order valence-electron chi connectivity index (χ2n) is 13.2. The van der Waals surface area contributed by atoms with Gasteiger partial charge in [0.25, 0.3) is 0 Å². The van der Waals surface area contributed by atoms with Gasteiger partial charge in [-0.1, -0.05) is 87.8 Å². The number of benzene rings is 2. The molecule has 2 bridgehead atoms. The van der Waals surface area contributed by atoms with E-state index in [1.165, 1.54) is 6.42 Å². The van der Waals surface area contributed by atoms with E-state index < -0.39 is 13.2 Å². The van der Waals surface area contributed by atoms with E-state index in [1.54, 1.807) is 6.07 Å². The van der Waals surface area contributed by atoms with Crippen LogP contribution in [-0.4, -0.2) is 42.6 Å². The van der Waals surface area contributed by atoms with Crippen molar-refractivity contribution in [2.75, 3.05) is 0 Å². The number of carbonyl (C=O) groups is 2. The molecular weight excluding hydrogens is 523 g/mol. The van der Waals surface area contributed by atoms with Gasteiger partial charge in [0.05, 0.1) is 24.1 Å². The van der Waals surface area contributed by atoms with Crippen LogP contribution in [-0.2, 0) is 31.7 Å². The zero-order chi connectivity index (χ0) is 28.7. The van der Waals surface area contributed by atoms with Crippen LogP contribution in [0.4, 0.5) is 0 Å². The molecule has 0 spiro atoms. The van der Waals surface area contributed by atoms with Crippen molar-refractivity contribution in [1.29, 1.82) is 0 Å². The maximum atomic E-state index is 13.9. The molecule has 1 heterocycles. The summed E-state index contributed by atoms with van der Waals surface area (Å²) in [7, 11) is -0.521. The molecule has 40 heavy (non-hydrogen) atoms. The third-order valence-corrected chi connectivity index (χ3v) is 9.96. The Hall–Kier alpha value is -2.35. The molecule has 0 aromatic heterocycles. The van der Waals surface area contributed by atoms with Gasteiger partial charge in [0, 0.05) is 11.4 Å². The van der Waals surface area contributed by atoms with E-state index in [9.17, 15) is 9.59 Å². The highest BCUT2D eigenvalue weighted by Gasteiger charge is 2.68. The van der Waals surface area contributed by atoms with E-state index in [4.69, 9.17) is 20.9 Å². The van der Waals surface area contributed by atoms with Crippen LogP contribution in [0.15, 0.2) is 54.6 Å². The second kappa shape index (κ2) is 11.5. The van der Waals surface area contributed by atoms with Crippen molar-refractivity contribution >= 4 is 30.5 Å². The predicted molar refractivity (Wildman–Crippen MR) is 159 cm³/mol. The van der Waals surface area contributed by atoms with Gasteiger partial charge in [-0.05, 0) is 66.5 Å². The van der Waals surface area contributed by atoms with Crippen molar-refractivity contribution in [3.05, 3.63) is 70.7 Å². The minimum atomic E-state index is -0.752. The first-order valence-corrected chi connectivity index (χ1v) is 15.1. The molecule has 2 N–H and O–H groups in total. The van der Waals surface area contributed by atoms with Crippen LogP contribution in [0.5, 0.6) is 0 Å². The third kappa shape index (κ3) is 5.84. The standard InChI is InChI=1S/C32H42BClN2O4/c1-20(2)15-28(33-39-27-19-23-18-26(31(23,3)4)32(27,5)40-33)36-30(38)25(16-21-11-7-6-8-12-21)35-29(37)17-22-13-9-10-14-24(22)34/h6-14,20,23,25-28H,15-19H2,1-5H3,(H,35,37)(H,36,38)/t23-,25+,26-,27-,28+,32+/m1/s1. The minimum absolute atomic E-state index is 0.0382. The average Bonchev–Trinajstić information content (AvgIpc) is 3.27. The van der Waals surface area contributed by atoms with Crippen molar-refractivity contribution in [3.63, 3.8) is 0 Å². The van der Waals surface area contributed by atoms with Crippen LogP contribution in [0.3, 0.4) is 0 Å². The number of hydrogen-bond acceptors (Lipinski definition) is 4. The number of carbonyl (C=O) groups excluding carboxylic acids is 2. The molecule has 6 atom stereocenters. The van der Waals surface area contributed by atoms with Gasteiger partial charge in [0.15, 0.2) is 0 Å². The number of halogens is 1. The smallest absolute Gasteiger partial charge is 0.404 e. The molecule has 0 radical (unpaired) electrons. The Balaban J connectivity index is 1.32. The molecule has 4 fully saturated rings. The third-order valence-electron chi connectivity index (χ3n) is 9.59. The molecule has 8 heteroatoms. The lowest BCUT2D eigenvalue weighted by Crippen LogP contribution is -2.65. The van der Waals surface area contributed by atoms with Crippen molar-refractivity contribution in [2.45, 2.75) is 90.4 Å². The average molecular weight is 565 g/mol. The first kappa shape index (κ1) is 29.2. The summed E-state index contributed by atoms with van der Waals surface area (Å²) >= 11 is 6.29. The molecule has 1 aliphatic heterocycles. The van der Waals surface area contributed by atoms with Gasteiger partial charge < -0.3 is 19.9 Å². The monoisotopic (exact) mass is 564 g/mol. The molecule has 3 aliphatic carbocycles. The lowest BCUT2D eigenvalue weighted by atomic mass is 9.43. The Bertz CT molecular complexity index is 1220. The number of rotatable bonds is 10. The van der Waals surface area contributed by atoms with Crippen molar-refractivity contribution < 1.29 is 18.9 Å². The van der Waals surface area contributed by atoms with E-state index in [1.807, 2.05) is 48.5 Å². The van der Waals surface area contributed by atoms with E-state index in [0.717, 1.165) is 17.5 Å². The fraction of sp³-hybridized carbons (Fsp3) is 0.562. The largest absolute Gasteiger partial charge is 0.481 e. The molecule has 1 saturated heterocycles. The van der Waals surface area contributed by atoms with Crippen molar-refractivity contribution in [1.82, 2.24) is 10.6 Å². The summed E-state index contributed by atoms with van der Waals surface area (Å²) in [6, 6.07) is 16.3. The van der Waals surface area contributed by atoms with Crippen molar-refractivity contribution in [3.8, 4) is 0 Å². The summed E-state index contributed by atoms with van der Waals surface area (Å²) in [5.74, 6) is 0.602. The van der Waals surface area contributed by atoms with Crippen molar-refractivity contribution in [2.24, 2.45) is 23.2 Å². The first-order valence-electron chi connectivity index (χ1n) is 14.7. The van der Waals surface area contributed by atoms with Gasteiger partial charge in [0.1, 0.15) is 6.04 Å². The van der Waals surface area contributed by atoms with Crippen LogP contribution >= 0.6 is 11.6 Å². The summed E-state index contributed by atoms with van der Waals surface area (Å²) in [6.07, 6.45) is 3.39. The highest BCUT2D eigenvalue weighted by molar-refractivity contribution is 6.48. The molecule has 2 amide bonds. The molecule has 4 aliphatic rings. The van der Waals surface area contributed by atoms with Gasteiger partial charge >= 0.3 is 7.12 Å². The fourth-order valence-corrected chi connectivity index (χ4v) is 7.42. The highest BCUT2D eigenvalue weighted by atomic mass is 35.5. The molecule has 3 saturated carbocycles. The lowest BCUT2D eigenvalue weighted by Gasteiger charge is -2.64. The number of amides is 2. The Morgan fingerprint density at radius 3 is 2.40 bits per heavy atom. The Labute approximate surface area is 244 Å². The van der Waals surface area contributed by atoms with Gasteiger partial charge in [-0.25, -0.2) is 0 Å². The Morgan fingerprint density at radius 2 is 1.73 bits per heavy atom. The van der Waals surface area contributed by atoms with E-state index in [2.05, 4.69) is 45.3 Å². The maximum Gasteiger partial charge on any atom is 0.481 e. The summed E-state index contributed by atoms with van der Waals surface area (Å²) in [5.41, 5.74) is 1.58. The van der Waals surface area contributed by atoms with E-state index in [0.29, 0.717) is 35.6 Å². The fourth-order valence-electron chi connectivity index (χ4n) is 7.22. The number of nitrogens with one attached hydrogen (secondary N) is 2. The highest BCUT2D eigenvalue weighted by Crippen LogP contribution is 2.65. The normalized spacial score (nSPS) is 27.9. The van der Waals surface area contributed by atoms with Gasteiger partial charge in [-0.15, -0.1) is 0 Å². The second-order valence-corrected chi connectivity index (χ2v) is 13.6. The topological polar surface area (TPSA) is 76.7 Å². The summed E-state index contributed by atoms with van der Waals surface area (Å²) in [5, 5.41) is 6.75. The van der Waals surface area contributed by atoms with Crippen LogP contribution in [0.25, 0.3) is 0 Å². The number of hydrogen-bond donors (Lipinski definition) is 2. The predicted octanol–water partition coefficient (Wildman–Crippen LogP) is 5.41. The van der Waals surface area contributed by atoms with Gasteiger partial charge in [-0.3, -0.25) is 9.59 Å². The minimum Gasteiger partial charge on any atom is -0.404 e. The summed E-state index contributed by atoms with van der Waals surface area (Å²) in [4.78, 5) is 27.0.